The van der Waals surface area contributed by atoms with E-state index >= 15 is 0 Å². The van der Waals surface area contributed by atoms with Gasteiger partial charge in [0.05, 0.1) is 0 Å². The number of hydrogen-bond acceptors (Lipinski definition) is 3. The van der Waals surface area contributed by atoms with Crippen molar-refractivity contribution in [3.05, 3.63) is 0 Å². The summed E-state index contributed by atoms with van der Waals surface area (Å²) >= 11 is 0. The highest BCUT2D eigenvalue weighted by atomic mass is 16.6. The van der Waals surface area contributed by atoms with E-state index in [0.717, 1.165) is 19.3 Å². The molecule has 0 aliphatic carbocycles. The van der Waals surface area contributed by atoms with Crippen LogP contribution in [0.2, 0.25) is 0 Å². The van der Waals surface area contributed by atoms with E-state index in [1.165, 1.54) is 25.7 Å². The number of carbonyl (C=O) groups is 2. The molecule has 6 heteroatoms. The van der Waals surface area contributed by atoms with E-state index in [2.05, 4.69) is 11.9 Å². The molecule has 0 saturated heterocycles. The van der Waals surface area contributed by atoms with Crippen molar-refractivity contribution >= 4 is 17.8 Å². The number of ether oxygens (including phenoxy) is 1. The summed E-state index contributed by atoms with van der Waals surface area (Å²) in [5.74, 6) is -1.73. The van der Waals surface area contributed by atoms with Crippen LogP contribution in [0.4, 0.5) is 0 Å². The molecule has 0 saturated carbocycles. The Labute approximate surface area is 157 Å². The van der Waals surface area contributed by atoms with Gasteiger partial charge in [-0.1, -0.05) is 51.9 Å². The quantitative estimate of drug-likeness (QED) is 0.264. The van der Waals surface area contributed by atoms with Crippen LogP contribution in [-0.2, 0) is 14.3 Å². The molecule has 0 aliphatic rings. The Bertz CT molecular complexity index is 515. The van der Waals surface area contributed by atoms with Crippen molar-refractivity contribution in [1.82, 2.24) is 4.90 Å². The fourth-order valence-corrected chi connectivity index (χ4v) is 2.24. The van der Waals surface area contributed by atoms with E-state index in [1.807, 2.05) is 0 Å². The van der Waals surface area contributed by atoms with Gasteiger partial charge in [-0.3, -0.25) is 9.59 Å². The summed E-state index contributed by atoms with van der Waals surface area (Å²) < 4.78 is 27.7. The zero-order chi connectivity index (χ0) is 21.8. The molecule has 0 unspecified atom stereocenters. The highest BCUT2D eigenvalue weighted by Gasteiger charge is 2.18. The number of esters is 1. The maximum atomic E-state index is 12.0. The molecular formula is C19H37N3O3. The maximum absolute atomic E-state index is 12.0. The first-order chi connectivity index (χ1) is 12.9. The SMILES string of the molecule is [2H]C([2H])([2H])N(CC(=O)OC(C)(C)C)C(N)=NC(=O)CCCCCCCCCC. The first kappa shape index (κ1) is 18.2. The van der Waals surface area contributed by atoms with E-state index in [4.69, 9.17) is 14.6 Å². The number of likely N-dealkylation sites (N-methyl/N-ethyl adjacent to an activating group) is 1. The van der Waals surface area contributed by atoms with E-state index in [-0.39, 0.29) is 6.42 Å². The Kier molecular flexibility index (Phi) is 9.27. The molecule has 25 heavy (non-hydrogen) atoms. The van der Waals surface area contributed by atoms with Crippen LogP contribution < -0.4 is 5.73 Å². The van der Waals surface area contributed by atoms with Gasteiger partial charge in [0.2, 0.25) is 5.91 Å². The number of hydrogen-bond donors (Lipinski definition) is 1. The van der Waals surface area contributed by atoms with Gasteiger partial charge in [-0.15, -0.1) is 0 Å². The second kappa shape index (κ2) is 12.7. The van der Waals surface area contributed by atoms with Crippen molar-refractivity contribution in [2.24, 2.45) is 10.7 Å². The lowest BCUT2D eigenvalue weighted by Gasteiger charge is -2.22. The Morgan fingerprint density at radius 3 is 2.16 bits per heavy atom. The van der Waals surface area contributed by atoms with E-state index in [1.54, 1.807) is 20.8 Å². The van der Waals surface area contributed by atoms with Gasteiger partial charge in [-0.2, -0.15) is 4.99 Å². The molecular weight excluding hydrogens is 318 g/mol. The number of aliphatic imine (C=N–C) groups is 1. The number of nitrogens with two attached hydrogens (primary N) is 1. The van der Waals surface area contributed by atoms with Crippen LogP contribution in [0.3, 0.4) is 0 Å². The van der Waals surface area contributed by atoms with Crippen LogP contribution in [0.1, 0.15) is 89.6 Å². The molecule has 0 rings (SSSR count). The molecule has 0 atom stereocenters. The summed E-state index contributed by atoms with van der Waals surface area (Å²) in [6, 6.07) is 0. The molecule has 6 nitrogen and oxygen atoms in total. The maximum Gasteiger partial charge on any atom is 0.326 e. The van der Waals surface area contributed by atoms with Gasteiger partial charge in [0.1, 0.15) is 12.1 Å². The van der Waals surface area contributed by atoms with Crippen molar-refractivity contribution in [3.8, 4) is 0 Å². The summed E-state index contributed by atoms with van der Waals surface area (Å²) in [4.78, 5) is 28.2. The normalized spacial score (nSPS) is 14.4. The summed E-state index contributed by atoms with van der Waals surface area (Å²) in [5, 5.41) is 0. The fraction of sp³-hybridized carbons (Fsp3) is 0.842. The molecule has 0 aromatic carbocycles. The van der Waals surface area contributed by atoms with Gasteiger partial charge in [0.15, 0.2) is 5.96 Å². The van der Waals surface area contributed by atoms with Gasteiger partial charge < -0.3 is 15.4 Å². The minimum Gasteiger partial charge on any atom is -0.459 e. The van der Waals surface area contributed by atoms with Crippen LogP contribution in [-0.4, -0.2) is 41.9 Å². The molecule has 0 aliphatic heterocycles. The van der Waals surface area contributed by atoms with Gasteiger partial charge in [0.25, 0.3) is 0 Å². The summed E-state index contributed by atoms with van der Waals surface area (Å²) in [6.07, 6.45) is 8.97. The number of carbonyl (C=O) groups excluding carboxylic acids is 2. The standard InChI is InChI=1S/C19H37N3O3/c1-6-7-8-9-10-11-12-13-14-16(23)21-18(20)22(5)15-17(24)25-19(2,3)4/h6-15H2,1-5H3,(H2,20,21,23)/i5D3. The minimum absolute atomic E-state index is 0.205. The monoisotopic (exact) mass is 358 g/mol. The molecule has 0 spiro atoms. The Hall–Kier alpha value is -1.59. The predicted molar refractivity (Wildman–Crippen MR) is 102 cm³/mol. The number of nitrogens with zero attached hydrogens (tertiary/aromatic N) is 2. The van der Waals surface area contributed by atoms with Gasteiger partial charge in [-0.05, 0) is 27.2 Å². The van der Waals surface area contributed by atoms with E-state index in [0.29, 0.717) is 11.3 Å². The molecule has 0 heterocycles. The van der Waals surface area contributed by atoms with Crippen LogP contribution in [0, 0.1) is 0 Å². The van der Waals surface area contributed by atoms with E-state index < -0.39 is 37.0 Å². The molecule has 2 N–H and O–H groups in total. The fourth-order valence-electron chi connectivity index (χ4n) is 2.24. The molecule has 0 fully saturated rings. The first-order valence-corrected chi connectivity index (χ1v) is 9.23. The van der Waals surface area contributed by atoms with Crippen LogP contribution >= 0.6 is 0 Å². The molecule has 0 aromatic heterocycles. The zero-order valence-corrected chi connectivity index (χ0v) is 16.3. The Balaban J connectivity index is 4.53. The van der Waals surface area contributed by atoms with Crippen LogP contribution in [0.15, 0.2) is 4.99 Å². The topological polar surface area (TPSA) is 85.0 Å². The Morgan fingerprint density at radius 1 is 1.08 bits per heavy atom. The summed E-state index contributed by atoms with van der Waals surface area (Å²) in [7, 11) is 0. The van der Waals surface area contributed by atoms with Crippen molar-refractivity contribution in [2.75, 3.05) is 13.5 Å². The van der Waals surface area contributed by atoms with Gasteiger partial charge in [0, 0.05) is 17.5 Å². The molecule has 1 amide bonds. The average molecular weight is 359 g/mol. The van der Waals surface area contributed by atoms with Crippen LogP contribution in [0.25, 0.3) is 0 Å². The third-order valence-electron chi connectivity index (χ3n) is 3.47. The van der Waals surface area contributed by atoms with Gasteiger partial charge in [-0.25, -0.2) is 0 Å². The summed E-state index contributed by atoms with van der Waals surface area (Å²) in [6.45, 7) is 3.90. The average Bonchev–Trinajstić information content (AvgIpc) is 2.52. The summed E-state index contributed by atoms with van der Waals surface area (Å²) in [5.41, 5.74) is 4.95. The molecule has 0 aromatic rings. The highest BCUT2D eigenvalue weighted by molar-refractivity contribution is 5.93. The lowest BCUT2D eigenvalue weighted by atomic mass is 10.1. The second-order valence-corrected chi connectivity index (χ2v) is 7.26. The van der Waals surface area contributed by atoms with Crippen LogP contribution in [0.5, 0.6) is 0 Å². The van der Waals surface area contributed by atoms with Crippen molar-refractivity contribution in [1.29, 1.82) is 0 Å². The largest absolute Gasteiger partial charge is 0.459 e. The zero-order valence-electron chi connectivity index (χ0n) is 19.3. The lowest BCUT2D eigenvalue weighted by Crippen LogP contribution is -2.40. The minimum atomic E-state index is -2.71. The van der Waals surface area contributed by atoms with Crippen molar-refractivity contribution < 1.29 is 18.4 Å². The third-order valence-corrected chi connectivity index (χ3v) is 3.47. The number of unbranched alkanes of at least 4 members (excludes halogenated alkanes) is 7. The molecule has 146 valence electrons. The number of guanidine groups is 1. The number of amides is 1. The smallest absolute Gasteiger partial charge is 0.326 e. The van der Waals surface area contributed by atoms with E-state index in [9.17, 15) is 9.59 Å². The van der Waals surface area contributed by atoms with Crippen molar-refractivity contribution in [3.63, 3.8) is 0 Å². The first-order valence-electron chi connectivity index (χ1n) is 10.7. The second-order valence-electron chi connectivity index (χ2n) is 7.26. The van der Waals surface area contributed by atoms with Gasteiger partial charge >= 0.3 is 5.97 Å². The predicted octanol–water partition coefficient (Wildman–Crippen LogP) is 3.63. The molecule has 0 radical (unpaired) electrons. The third kappa shape index (κ3) is 14.5. The molecule has 0 bridgehead atoms. The van der Waals surface area contributed by atoms with Crippen molar-refractivity contribution in [2.45, 2.75) is 91.1 Å². The lowest BCUT2D eigenvalue weighted by molar-refractivity contribution is -0.155. The highest BCUT2D eigenvalue weighted by Crippen LogP contribution is 2.10. The Morgan fingerprint density at radius 2 is 1.64 bits per heavy atom. The number of rotatable bonds is 11.